The van der Waals surface area contributed by atoms with Crippen LogP contribution in [0.2, 0.25) is 10.0 Å². The molecule has 2 rings (SSSR count). The van der Waals surface area contributed by atoms with E-state index in [1.54, 1.807) is 0 Å². The van der Waals surface area contributed by atoms with Crippen LogP contribution in [-0.2, 0) is 0 Å². The van der Waals surface area contributed by atoms with Crippen molar-refractivity contribution in [2.75, 3.05) is 13.1 Å². The van der Waals surface area contributed by atoms with Gasteiger partial charge in [-0.05, 0) is 31.4 Å². The lowest BCUT2D eigenvalue weighted by Crippen LogP contribution is -2.36. The first kappa shape index (κ1) is 14.1. The van der Waals surface area contributed by atoms with Gasteiger partial charge in [0, 0.05) is 34.7 Å². The maximum atomic E-state index is 6.30. The molecule has 2 nitrogen and oxygen atoms in total. The Morgan fingerprint density at radius 3 is 2.39 bits per heavy atom. The van der Waals surface area contributed by atoms with Gasteiger partial charge in [-0.3, -0.25) is 4.90 Å². The third-order valence-electron chi connectivity index (χ3n) is 3.79. The highest BCUT2D eigenvalue weighted by molar-refractivity contribution is 6.36. The van der Waals surface area contributed by atoms with Crippen LogP contribution in [0.25, 0.3) is 0 Å². The predicted molar refractivity (Wildman–Crippen MR) is 78.2 cm³/mol. The van der Waals surface area contributed by atoms with E-state index in [4.69, 9.17) is 28.9 Å². The second-order valence-corrected chi connectivity index (χ2v) is 6.09. The molecule has 3 unspecified atom stereocenters. The summed E-state index contributed by atoms with van der Waals surface area (Å²) >= 11 is 12.6. The third-order valence-corrected chi connectivity index (χ3v) is 4.45. The first-order valence-electron chi connectivity index (χ1n) is 6.44. The Labute approximate surface area is 119 Å². The Balaban J connectivity index is 2.34. The topological polar surface area (TPSA) is 29.3 Å². The molecule has 0 saturated carbocycles. The van der Waals surface area contributed by atoms with Gasteiger partial charge in [0.1, 0.15) is 0 Å². The molecule has 1 saturated heterocycles. The highest BCUT2D eigenvalue weighted by Crippen LogP contribution is 2.37. The van der Waals surface area contributed by atoms with E-state index in [0.717, 1.165) is 12.1 Å². The predicted octanol–water partition coefficient (Wildman–Crippen LogP) is 3.72. The van der Waals surface area contributed by atoms with E-state index in [0.29, 0.717) is 28.5 Å². The van der Waals surface area contributed by atoms with E-state index in [9.17, 15) is 0 Å². The summed E-state index contributed by atoms with van der Waals surface area (Å²) in [6.45, 7) is 6.13. The molecule has 0 bridgehead atoms. The van der Waals surface area contributed by atoms with Crippen LogP contribution in [-0.4, -0.2) is 24.0 Å². The standard InChI is InChI=1S/C14H20Cl2N2/c1-9-6-10(2)18(8-9)13(7-17)14-11(15)4-3-5-12(14)16/h3-5,9-10,13H,6-8,17H2,1-2H3. The summed E-state index contributed by atoms with van der Waals surface area (Å²) < 4.78 is 0. The molecule has 0 spiro atoms. The summed E-state index contributed by atoms with van der Waals surface area (Å²) in [6.07, 6.45) is 1.21. The zero-order valence-electron chi connectivity index (χ0n) is 10.9. The van der Waals surface area contributed by atoms with Crippen LogP contribution < -0.4 is 5.73 Å². The fourth-order valence-electron chi connectivity index (χ4n) is 3.01. The van der Waals surface area contributed by atoms with Crippen molar-refractivity contribution >= 4 is 23.2 Å². The SMILES string of the molecule is CC1CC(C)N(C(CN)c2c(Cl)cccc2Cl)C1. The quantitative estimate of drug-likeness (QED) is 0.918. The smallest absolute Gasteiger partial charge is 0.0502 e. The summed E-state index contributed by atoms with van der Waals surface area (Å²) in [5, 5.41) is 1.43. The van der Waals surface area contributed by atoms with Gasteiger partial charge in [0.05, 0.1) is 6.04 Å². The molecule has 18 heavy (non-hydrogen) atoms. The summed E-state index contributed by atoms with van der Waals surface area (Å²) in [6, 6.07) is 6.29. The van der Waals surface area contributed by atoms with Gasteiger partial charge < -0.3 is 5.73 Å². The molecule has 1 aliphatic heterocycles. The van der Waals surface area contributed by atoms with Crippen molar-refractivity contribution in [3.8, 4) is 0 Å². The number of hydrogen-bond acceptors (Lipinski definition) is 2. The first-order valence-corrected chi connectivity index (χ1v) is 7.20. The molecule has 100 valence electrons. The van der Waals surface area contributed by atoms with Gasteiger partial charge in [0.2, 0.25) is 0 Å². The van der Waals surface area contributed by atoms with Gasteiger partial charge in [-0.15, -0.1) is 0 Å². The molecule has 0 radical (unpaired) electrons. The molecular weight excluding hydrogens is 267 g/mol. The summed E-state index contributed by atoms with van der Waals surface area (Å²) in [5.74, 6) is 0.704. The Kier molecular flexibility index (Phi) is 4.54. The van der Waals surface area contributed by atoms with E-state index >= 15 is 0 Å². The molecule has 1 heterocycles. The van der Waals surface area contributed by atoms with Crippen LogP contribution >= 0.6 is 23.2 Å². The van der Waals surface area contributed by atoms with E-state index in [-0.39, 0.29) is 6.04 Å². The maximum Gasteiger partial charge on any atom is 0.0502 e. The molecule has 4 heteroatoms. The van der Waals surface area contributed by atoms with Crippen molar-refractivity contribution in [2.24, 2.45) is 11.7 Å². The van der Waals surface area contributed by atoms with Gasteiger partial charge in [-0.25, -0.2) is 0 Å². The van der Waals surface area contributed by atoms with Crippen molar-refractivity contribution < 1.29 is 0 Å². The molecule has 0 aromatic heterocycles. The van der Waals surface area contributed by atoms with Crippen LogP contribution in [0.1, 0.15) is 31.9 Å². The number of likely N-dealkylation sites (tertiary alicyclic amines) is 1. The summed E-state index contributed by atoms with van der Waals surface area (Å²) in [4.78, 5) is 2.43. The lowest BCUT2D eigenvalue weighted by atomic mass is 10.0. The number of nitrogens with two attached hydrogens (primary N) is 1. The Bertz CT molecular complexity index is 402. The van der Waals surface area contributed by atoms with Crippen LogP contribution in [0.5, 0.6) is 0 Å². The monoisotopic (exact) mass is 286 g/mol. The Hall–Kier alpha value is -0.280. The van der Waals surface area contributed by atoms with Crippen LogP contribution in [0.3, 0.4) is 0 Å². The number of nitrogens with zero attached hydrogens (tertiary/aromatic N) is 1. The minimum atomic E-state index is 0.117. The van der Waals surface area contributed by atoms with E-state index in [2.05, 4.69) is 18.7 Å². The van der Waals surface area contributed by atoms with Crippen molar-refractivity contribution in [3.05, 3.63) is 33.8 Å². The fraction of sp³-hybridized carbons (Fsp3) is 0.571. The lowest BCUT2D eigenvalue weighted by molar-refractivity contribution is 0.192. The highest BCUT2D eigenvalue weighted by atomic mass is 35.5. The van der Waals surface area contributed by atoms with Crippen LogP contribution in [0, 0.1) is 5.92 Å². The van der Waals surface area contributed by atoms with Gasteiger partial charge in [-0.1, -0.05) is 36.2 Å². The second kappa shape index (κ2) is 5.79. The zero-order chi connectivity index (χ0) is 13.3. The normalized spacial score (nSPS) is 26.5. The molecule has 0 amide bonds. The van der Waals surface area contributed by atoms with E-state index in [1.807, 2.05) is 18.2 Å². The van der Waals surface area contributed by atoms with Crippen LogP contribution in [0.15, 0.2) is 18.2 Å². The highest BCUT2D eigenvalue weighted by Gasteiger charge is 2.33. The van der Waals surface area contributed by atoms with Crippen molar-refractivity contribution in [2.45, 2.75) is 32.4 Å². The van der Waals surface area contributed by atoms with Crippen molar-refractivity contribution in [1.82, 2.24) is 4.90 Å². The first-order chi connectivity index (χ1) is 8.54. The molecule has 1 aliphatic rings. The molecule has 2 N–H and O–H groups in total. The third kappa shape index (κ3) is 2.67. The average molecular weight is 287 g/mol. The molecule has 0 aliphatic carbocycles. The maximum absolute atomic E-state index is 6.30. The van der Waals surface area contributed by atoms with Gasteiger partial charge >= 0.3 is 0 Å². The van der Waals surface area contributed by atoms with Crippen LogP contribution in [0.4, 0.5) is 0 Å². The average Bonchev–Trinajstić information content (AvgIpc) is 2.63. The summed E-state index contributed by atoms with van der Waals surface area (Å²) in [7, 11) is 0. The van der Waals surface area contributed by atoms with Crippen molar-refractivity contribution in [3.63, 3.8) is 0 Å². The zero-order valence-corrected chi connectivity index (χ0v) is 12.4. The van der Waals surface area contributed by atoms with E-state index in [1.165, 1.54) is 6.42 Å². The van der Waals surface area contributed by atoms with Crippen molar-refractivity contribution in [1.29, 1.82) is 0 Å². The van der Waals surface area contributed by atoms with Gasteiger partial charge in [0.15, 0.2) is 0 Å². The fourth-order valence-corrected chi connectivity index (χ4v) is 3.66. The van der Waals surface area contributed by atoms with Gasteiger partial charge in [-0.2, -0.15) is 0 Å². The lowest BCUT2D eigenvalue weighted by Gasteiger charge is -2.32. The minimum Gasteiger partial charge on any atom is -0.329 e. The van der Waals surface area contributed by atoms with Gasteiger partial charge in [0.25, 0.3) is 0 Å². The number of hydrogen-bond donors (Lipinski definition) is 1. The number of halogens is 2. The summed E-state index contributed by atoms with van der Waals surface area (Å²) in [5.41, 5.74) is 6.95. The number of rotatable bonds is 3. The molecular formula is C14H20Cl2N2. The molecule has 3 atom stereocenters. The number of benzene rings is 1. The molecule has 1 aromatic carbocycles. The molecule has 1 aromatic rings. The minimum absolute atomic E-state index is 0.117. The second-order valence-electron chi connectivity index (χ2n) is 5.27. The Morgan fingerprint density at radius 2 is 1.94 bits per heavy atom. The largest absolute Gasteiger partial charge is 0.329 e. The molecule has 1 fully saturated rings. The van der Waals surface area contributed by atoms with E-state index < -0.39 is 0 Å². The Morgan fingerprint density at radius 1 is 1.33 bits per heavy atom.